The zero-order chi connectivity index (χ0) is 13.0. The van der Waals surface area contributed by atoms with Gasteiger partial charge in [0.25, 0.3) is 0 Å². The first-order valence-electron chi connectivity index (χ1n) is 6.74. The number of hydrogen-bond acceptors (Lipinski definition) is 3. The van der Waals surface area contributed by atoms with Crippen LogP contribution in [0.25, 0.3) is 0 Å². The van der Waals surface area contributed by atoms with E-state index in [9.17, 15) is 0 Å². The van der Waals surface area contributed by atoms with Gasteiger partial charge in [0.1, 0.15) is 0 Å². The van der Waals surface area contributed by atoms with Crippen molar-refractivity contribution in [2.45, 2.75) is 38.3 Å². The van der Waals surface area contributed by atoms with Crippen LogP contribution in [0.5, 0.6) is 0 Å². The molecule has 2 unspecified atom stereocenters. The van der Waals surface area contributed by atoms with E-state index in [1.54, 1.807) is 0 Å². The molecule has 1 aliphatic rings. The molecule has 1 fully saturated rings. The van der Waals surface area contributed by atoms with Gasteiger partial charge in [0, 0.05) is 24.7 Å². The van der Waals surface area contributed by atoms with Gasteiger partial charge in [-0.05, 0) is 32.3 Å². The molecule has 1 aromatic rings. The van der Waals surface area contributed by atoms with Crippen molar-refractivity contribution in [3.05, 3.63) is 35.4 Å². The van der Waals surface area contributed by atoms with Gasteiger partial charge >= 0.3 is 0 Å². The second kappa shape index (κ2) is 5.83. The standard InChI is InChI=1S/C15H24N2O/c1-12-4-6-13(7-5-12)14(16)10-17-15(2)8-3-9-18-11-15/h4-7,14,17H,3,8-11,16H2,1-2H3. The number of hydrogen-bond donors (Lipinski definition) is 2. The Bertz CT molecular complexity index is 369. The highest BCUT2D eigenvalue weighted by Crippen LogP contribution is 2.19. The van der Waals surface area contributed by atoms with Crippen LogP contribution in [0.1, 0.15) is 36.9 Å². The lowest BCUT2D eigenvalue weighted by atomic mass is 9.94. The van der Waals surface area contributed by atoms with E-state index in [0.29, 0.717) is 0 Å². The minimum atomic E-state index is 0.0457. The summed E-state index contributed by atoms with van der Waals surface area (Å²) in [5.74, 6) is 0. The number of aryl methyl sites for hydroxylation is 1. The van der Waals surface area contributed by atoms with Crippen molar-refractivity contribution in [2.24, 2.45) is 5.73 Å². The van der Waals surface area contributed by atoms with Crippen LogP contribution < -0.4 is 11.1 Å². The third-order valence-corrected chi connectivity index (χ3v) is 3.69. The molecule has 3 heteroatoms. The van der Waals surface area contributed by atoms with E-state index in [-0.39, 0.29) is 11.6 Å². The number of benzene rings is 1. The lowest BCUT2D eigenvalue weighted by Crippen LogP contribution is -2.50. The minimum absolute atomic E-state index is 0.0457. The molecule has 1 saturated heterocycles. The Kier molecular flexibility index (Phi) is 4.38. The summed E-state index contributed by atoms with van der Waals surface area (Å²) < 4.78 is 5.54. The first-order chi connectivity index (χ1) is 8.59. The van der Waals surface area contributed by atoms with Crippen molar-refractivity contribution < 1.29 is 4.74 Å². The molecule has 100 valence electrons. The van der Waals surface area contributed by atoms with Gasteiger partial charge in [-0.15, -0.1) is 0 Å². The summed E-state index contributed by atoms with van der Waals surface area (Å²) in [6, 6.07) is 8.49. The smallest absolute Gasteiger partial charge is 0.0645 e. The Morgan fingerprint density at radius 3 is 2.72 bits per heavy atom. The highest BCUT2D eigenvalue weighted by Gasteiger charge is 2.27. The van der Waals surface area contributed by atoms with Crippen molar-refractivity contribution in [3.8, 4) is 0 Å². The lowest BCUT2D eigenvalue weighted by Gasteiger charge is -2.35. The van der Waals surface area contributed by atoms with Gasteiger partial charge in [-0.1, -0.05) is 29.8 Å². The average molecular weight is 248 g/mol. The molecule has 0 amide bonds. The molecule has 2 rings (SSSR count). The monoisotopic (exact) mass is 248 g/mol. The second-order valence-corrected chi connectivity index (χ2v) is 5.61. The maximum atomic E-state index is 6.22. The van der Waals surface area contributed by atoms with Crippen LogP contribution in [0, 0.1) is 6.92 Å². The summed E-state index contributed by atoms with van der Waals surface area (Å²) in [6.45, 7) is 6.78. The average Bonchev–Trinajstić information content (AvgIpc) is 2.38. The first-order valence-corrected chi connectivity index (χ1v) is 6.74. The molecule has 0 radical (unpaired) electrons. The zero-order valence-corrected chi connectivity index (χ0v) is 11.4. The summed E-state index contributed by atoms with van der Waals surface area (Å²) in [5.41, 5.74) is 8.76. The maximum absolute atomic E-state index is 6.22. The highest BCUT2D eigenvalue weighted by atomic mass is 16.5. The number of rotatable bonds is 4. The molecule has 0 aliphatic carbocycles. The Labute approximate surface area is 110 Å². The van der Waals surface area contributed by atoms with Gasteiger partial charge in [0.15, 0.2) is 0 Å². The summed E-state index contributed by atoms with van der Waals surface area (Å²) in [5, 5.41) is 3.56. The molecule has 3 N–H and O–H groups in total. The molecule has 1 aromatic carbocycles. The number of ether oxygens (including phenoxy) is 1. The van der Waals surface area contributed by atoms with Gasteiger partial charge in [-0.2, -0.15) is 0 Å². The van der Waals surface area contributed by atoms with Crippen LogP contribution in [-0.4, -0.2) is 25.3 Å². The maximum Gasteiger partial charge on any atom is 0.0645 e. The second-order valence-electron chi connectivity index (χ2n) is 5.61. The normalized spacial score (nSPS) is 25.9. The van der Waals surface area contributed by atoms with Crippen molar-refractivity contribution in [2.75, 3.05) is 19.8 Å². The fourth-order valence-electron chi connectivity index (χ4n) is 2.36. The molecule has 2 atom stereocenters. The van der Waals surface area contributed by atoms with E-state index in [4.69, 9.17) is 10.5 Å². The fraction of sp³-hybridized carbons (Fsp3) is 0.600. The zero-order valence-electron chi connectivity index (χ0n) is 11.4. The van der Waals surface area contributed by atoms with E-state index in [1.807, 2.05) is 0 Å². The SMILES string of the molecule is Cc1ccc(C(N)CNC2(C)CCCOC2)cc1. The van der Waals surface area contributed by atoms with Crippen LogP contribution in [0.2, 0.25) is 0 Å². The van der Waals surface area contributed by atoms with E-state index < -0.39 is 0 Å². The summed E-state index contributed by atoms with van der Waals surface area (Å²) >= 11 is 0. The number of nitrogens with two attached hydrogens (primary N) is 1. The van der Waals surface area contributed by atoms with E-state index in [2.05, 4.69) is 43.4 Å². The molecule has 0 saturated carbocycles. The molecule has 18 heavy (non-hydrogen) atoms. The molecular formula is C15H24N2O. The van der Waals surface area contributed by atoms with Crippen LogP contribution in [0.3, 0.4) is 0 Å². The molecule has 0 bridgehead atoms. The van der Waals surface area contributed by atoms with Gasteiger partial charge in [-0.25, -0.2) is 0 Å². The Balaban J connectivity index is 1.87. The van der Waals surface area contributed by atoms with Crippen LogP contribution in [-0.2, 0) is 4.74 Å². The Morgan fingerprint density at radius 1 is 1.39 bits per heavy atom. The van der Waals surface area contributed by atoms with Gasteiger partial charge in [0.05, 0.1) is 6.61 Å². The van der Waals surface area contributed by atoms with Crippen molar-refractivity contribution in [3.63, 3.8) is 0 Å². The van der Waals surface area contributed by atoms with Crippen molar-refractivity contribution >= 4 is 0 Å². The Hall–Kier alpha value is -0.900. The van der Waals surface area contributed by atoms with Crippen molar-refractivity contribution in [1.82, 2.24) is 5.32 Å². The Morgan fingerprint density at radius 2 is 2.11 bits per heavy atom. The van der Waals surface area contributed by atoms with Gasteiger partial charge in [-0.3, -0.25) is 0 Å². The van der Waals surface area contributed by atoms with Crippen molar-refractivity contribution in [1.29, 1.82) is 0 Å². The third-order valence-electron chi connectivity index (χ3n) is 3.69. The van der Waals surface area contributed by atoms with E-state index in [1.165, 1.54) is 11.1 Å². The van der Waals surface area contributed by atoms with Crippen LogP contribution in [0.15, 0.2) is 24.3 Å². The lowest BCUT2D eigenvalue weighted by molar-refractivity contribution is 0.0281. The van der Waals surface area contributed by atoms with Gasteiger partial charge in [0.2, 0.25) is 0 Å². The largest absolute Gasteiger partial charge is 0.380 e. The summed E-state index contributed by atoms with van der Waals surface area (Å²) in [6.07, 6.45) is 2.29. The molecule has 1 aliphatic heterocycles. The molecular weight excluding hydrogens is 224 g/mol. The van der Waals surface area contributed by atoms with Gasteiger partial charge < -0.3 is 15.8 Å². The van der Waals surface area contributed by atoms with E-state index in [0.717, 1.165) is 32.6 Å². The number of nitrogens with one attached hydrogen (secondary N) is 1. The van der Waals surface area contributed by atoms with Crippen LogP contribution in [0.4, 0.5) is 0 Å². The topological polar surface area (TPSA) is 47.3 Å². The highest BCUT2D eigenvalue weighted by molar-refractivity contribution is 5.24. The minimum Gasteiger partial charge on any atom is -0.380 e. The molecule has 3 nitrogen and oxygen atoms in total. The fourth-order valence-corrected chi connectivity index (χ4v) is 2.36. The molecule has 0 spiro atoms. The summed E-state index contributed by atoms with van der Waals surface area (Å²) in [4.78, 5) is 0. The predicted octanol–water partition coefficient (Wildman–Crippen LogP) is 2.15. The third kappa shape index (κ3) is 3.55. The predicted molar refractivity (Wildman–Crippen MR) is 74.6 cm³/mol. The van der Waals surface area contributed by atoms with E-state index >= 15 is 0 Å². The first kappa shape index (κ1) is 13.5. The van der Waals surface area contributed by atoms with Crippen LogP contribution >= 0.6 is 0 Å². The molecule has 1 heterocycles. The molecule has 0 aromatic heterocycles. The summed E-state index contributed by atoms with van der Waals surface area (Å²) in [7, 11) is 0. The quantitative estimate of drug-likeness (QED) is 0.858.